The van der Waals surface area contributed by atoms with Crippen LogP contribution in [0.25, 0.3) is 10.9 Å². The smallest absolute Gasteiger partial charge is 0.0925 e. The van der Waals surface area contributed by atoms with Crippen LogP contribution in [0.4, 0.5) is 5.69 Å². The number of benzene rings is 1. The third kappa shape index (κ3) is 1.97. The minimum Gasteiger partial charge on any atom is -0.381 e. The molecule has 0 atom stereocenters. The molecule has 1 N–H and O–H groups in total. The molecule has 4 nitrogen and oxygen atoms in total. The van der Waals surface area contributed by atoms with Crippen molar-refractivity contribution in [2.45, 2.75) is 25.8 Å². The van der Waals surface area contributed by atoms with Gasteiger partial charge in [0.05, 0.1) is 5.52 Å². The Morgan fingerprint density at radius 1 is 1.33 bits per heavy atom. The molecule has 1 aromatic carbocycles. The lowest BCUT2D eigenvalue weighted by atomic mass is 10.1. The molecule has 4 heteroatoms. The van der Waals surface area contributed by atoms with Gasteiger partial charge in [-0.2, -0.15) is 5.10 Å². The van der Waals surface area contributed by atoms with Gasteiger partial charge in [0.1, 0.15) is 0 Å². The summed E-state index contributed by atoms with van der Waals surface area (Å²) in [5.74, 6) is 0. The lowest BCUT2D eigenvalue weighted by Gasteiger charge is -2.33. The standard InChI is InChI=1S/C14H19N3O/c1-10-13-9-12(3-4-14(13)16-15-10)17(2)11-5-7-18-8-6-11/h3-4,9,11H,5-8H2,1-2H3,(H,15,16). The number of rotatable bonds is 2. The monoisotopic (exact) mass is 245 g/mol. The quantitative estimate of drug-likeness (QED) is 0.883. The van der Waals surface area contributed by atoms with Gasteiger partial charge in [-0.1, -0.05) is 0 Å². The van der Waals surface area contributed by atoms with Crippen molar-refractivity contribution in [2.75, 3.05) is 25.2 Å². The lowest BCUT2D eigenvalue weighted by molar-refractivity contribution is 0.0855. The fourth-order valence-corrected chi connectivity index (χ4v) is 2.63. The summed E-state index contributed by atoms with van der Waals surface area (Å²) in [4.78, 5) is 2.37. The topological polar surface area (TPSA) is 41.2 Å². The Balaban J connectivity index is 1.90. The molecule has 0 saturated carbocycles. The first-order valence-corrected chi connectivity index (χ1v) is 6.51. The van der Waals surface area contributed by atoms with Gasteiger partial charge in [-0.25, -0.2) is 0 Å². The molecule has 1 aliphatic heterocycles. The van der Waals surface area contributed by atoms with E-state index in [-0.39, 0.29) is 0 Å². The van der Waals surface area contributed by atoms with E-state index in [0.717, 1.165) is 37.3 Å². The predicted octanol–water partition coefficient (Wildman–Crippen LogP) is 2.49. The van der Waals surface area contributed by atoms with E-state index in [4.69, 9.17) is 4.74 Å². The van der Waals surface area contributed by atoms with Gasteiger partial charge < -0.3 is 9.64 Å². The zero-order valence-corrected chi connectivity index (χ0v) is 10.9. The Labute approximate surface area is 107 Å². The molecule has 0 amide bonds. The van der Waals surface area contributed by atoms with Gasteiger partial charge >= 0.3 is 0 Å². The van der Waals surface area contributed by atoms with Gasteiger partial charge in [-0.3, -0.25) is 5.10 Å². The Bertz CT molecular complexity index is 543. The van der Waals surface area contributed by atoms with Gasteiger partial charge in [0.15, 0.2) is 0 Å². The number of hydrogen-bond donors (Lipinski definition) is 1. The van der Waals surface area contributed by atoms with Crippen LogP contribution in [-0.2, 0) is 4.74 Å². The minimum absolute atomic E-state index is 0.586. The summed E-state index contributed by atoms with van der Waals surface area (Å²) < 4.78 is 5.42. The van der Waals surface area contributed by atoms with Gasteiger partial charge in [-0.15, -0.1) is 0 Å². The summed E-state index contributed by atoms with van der Waals surface area (Å²) in [7, 11) is 2.17. The molecule has 3 rings (SSSR count). The Morgan fingerprint density at radius 2 is 2.11 bits per heavy atom. The highest BCUT2D eigenvalue weighted by atomic mass is 16.5. The van der Waals surface area contributed by atoms with Crippen molar-refractivity contribution in [3.63, 3.8) is 0 Å². The summed E-state index contributed by atoms with van der Waals surface area (Å²) in [5, 5.41) is 8.52. The number of fused-ring (bicyclic) bond motifs is 1. The van der Waals surface area contributed by atoms with E-state index in [2.05, 4.69) is 47.3 Å². The van der Waals surface area contributed by atoms with Crippen molar-refractivity contribution in [2.24, 2.45) is 0 Å². The van der Waals surface area contributed by atoms with Gasteiger partial charge in [0.25, 0.3) is 0 Å². The second kappa shape index (κ2) is 4.61. The third-order valence-corrected chi connectivity index (χ3v) is 3.87. The Hall–Kier alpha value is -1.55. The molecule has 1 fully saturated rings. The summed E-state index contributed by atoms with van der Waals surface area (Å²) in [6.07, 6.45) is 2.22. The van der Waals surface area contributed by atoms with E-state index in [0.29, 0.717) is 6.04 Å². The van der Waals surface area contributed by atoms with Crippen LogP contribution in [0, 0.1) is 6.92 Å². The maximum Gasteiger partial charge on any atom is 0.0925 e. The number of ether oxygens (including phenoxy) is 1. The first kappa shape index (κ1) is 11.5. The van der Waals surface area contributed by atoms with Gasteiger partial charge in [0.2, 0.25) is 0 Å². The molecule has 1 aliphatic rings. The second-order valence-corrected chi connectivity index (χ2v) is 5.00. The van der Waals surface area contributed by atoms with E-state index in [1.807, 2.05) is 0 Å². The van der Waals surface area contributed by atoms with Crippen molar-refractivity contribution in [1.82, 2.24) is 10.2 Å². The average Bonchev–Trinajstić information content (AvgIpc) is 2.80. The summed E-state index contributed by atoms with van der Waals surface area (Å²) in [6, 6.07) is 7.05. The second-order valence-electron chi connectivity index (χ2n) is 5.00. The van der Waals surface area contributed by atoms with E-state index in [1.54, 1.807) is 0 Å². The highest BCUT2D eigenvalue weighted by molar-refractivity contribution is 5.84. The number of aromatic amines is 1. The SMILES string of the molecule is Cc1[nH]nc2ccc(N(C)C3CCOCC3)cc12. The van der Waals surface area contributed by atoms with Gasteiger partial charge in [0, 0.05) is 43.1 Å². The van der Waals surface area contributed by atoms with E-state index >= 15 is 0 Å². The number of nitrogens with one attached hydrogen (secondary N) is 1. The molecule has 1 saturated heterocycles. The Kier molecular flexibility index (Phi) is 2.96. The maximum atomic E-state index is 5.42. The van der Waals surface area contributed by atoms with Crippen LogP contribution in [0.2, 0.25) is 0 Å². The van der Waals surface area contributed by atoms with Crippen LogP contribution in [0.15, 0.2) is 18.2 Å². The van der Waals surface area contributed by atoms with Crippen molar-refractivity contribution in [3.05, 3.63) is 23.9 Å². The number of H-pyrrole nitrogens is 1. The number of anilines is 1. The summed E-state index contributed by atoms with van der Waals surface area (Å²) in [6.45, 7) is 3.82. The van der Waals surface area contributed by atoms with Crippen LogP contribution >= 0.6 is 0 Å². The van der Waals surface area contributed by atoms with Crippen molar-refractivity contribution < 1.29 is 4.74 Å². The average molecular weight is 245 g/mol. The largest absolute Gasteiger partial charge is 0.381 e. The summed E-state index contributed by atoms with van der Waals surface area (Å²) >= 11 is 0. The number of aromatic nitrogens is 2. The number of aryl methyl sites for hydroxylation is 1. The summed E-state index contributed by atoms with van der Waals surface area (Å²) in [5.41, 5.74) is 3.43. The zero-order valence-electron chi connectivity index (χ0n) is 10.9. The minimum atomic E-state index is 0.586. The lowest BCUT2D eigenvalue weighted by Crippen LogP contribution is -2.36. The molecule has 2 aromatic rings. The molecule has 1 aromatic heterocycles. The molecule has 0 spiro atoms. The fourth-order valence-electron chi connectivity index (χ4n) is 2.63. The zero-order chi connectivity index (χ0) is 12.5. The highest BCUT2D eigenvalue weighted by Gasteiger charge is 2.19. The van der Waals surface area contributed by atoms with Crippen molar-refractivity contribution in [1.29, 1.82) is 0 Å². The first-order chi connectivity index (χ1) is 8.75. The fraction of sp³-hybridized carbons (Fsp3) is 0.500. The van der Waals surface area contributed by atoms with Crippen LogP contribution in [0.1, 0.15) is 18.5 Å². The molecule has 96 valence electrons. The van der Waals surface area contributed by atoms with Crippen molar-refractivity contribution in [3.8, 4) is 0 Å². The molecular weight excluding hydrogens is 226 g/mol. The maximum absolute atomic E-state index is 5.42. The third-order valence-electron chi connectivity index (χ3n) is 3.87. The van der Waals surface area contributed by atoms with Gasteiger partial charge in [-0.05, 0) is 38.0 Å². The van der Waals surface area contributed by atoms with Crippen LogP contribution in [0.3, 0.4) is 0 Å². The molecule has 0 radical (unpaired) electrons. The molecule has 0 bridgehead atoms. The molecule has 18 heavy (non-hydrogen) atoms. The van der Waals surface area contributed by atoms with Crippen LogP contribution in [-0.4, -0.2) is 36.5 Å². The first-order valence-electron chi connectivity index (χ1n) is 6.51. The normalized spacial score (nSPS) is 17.2. The van der Waals surface area contributed by atoms with Crippen LogP contribution in [0.5, 0.6) is 0 Å². The number of nitrogens with zero attached hydrogens (tertiary/aromatic N) is 2. The number of hydrogen-bond acceptors (Lipinski definition) is 3. The predicted molar refractivity (Wildman–Crippen MR) is 73.1 cm³/mol. The van der Waals surface area contributed by atoms with Crippen molar-refractivity contribution >= 4 is 16.6 Å². The van der Waals surface area contributed by atoms with E-state index in [9.17, 15) is 0 Å². The molecule has 0 aliphatic carbocycles. The molecule has 0 unspecified atom stereocenters. The molecule has 2 heterocycles. The Morgan fingerprint density at radius 3 is 2.89 bits per heavy atom. The van der Waals surface area contributed by atoms with E-state index in [1.165, 1.54) is 11.1 Å². The van der Waals surface area contributed by atoms with E-state index < -0.39 is 0 Å². The highest BCUT2D eigenvalue weighted by Crippen LogP contribution is 2.25. The van der Waals surface area contributed by atoms with Crippen LogP contribution < -0.4 is 4.90 Å². The molecular formula is C14H19N3O.